The molecule has 2 aliphatic rings. The first-order valence-electron chi connectivity index (χ1n) is 15.1. The van der Waals surface area contributed by atoms with E-state index in [9.17, 15) is 8.42 Å². The minimum atomic E-state index is -2.95. The Bertz CT molecular complexity index is 1670. The van der Waals surface area contributed by atoms with Gasteiger partial charge in [-0.15, -0.1) is 0 Å². The van der Waals surface area contributed by atoms with Crippen LogP contribution in [0.4, 0.5) is 17.2 Å². The summed E-state index contributed by atoms with van der Waals surface area (Å²) >= 11 is 0. The van der Waals surface area contributed by atoms with Crippen molar-refractivity contribution >= 4 is 38.1 Å². The van der Waals surface area contributed by atoms with Crippen LogP contribution in [0.25, 0.3) is 22.2 Å². The molecule has 4 aromatic rings. The molecule has 0 bridgehead atoms. The van der Waals surface area contributed by atoms with Crippen molar-refractivity contribution in [2.75, 3.05) is 47.9 Å². The van der Waals surface area contributed by atoms with E-state index in [1.807, 2.05) is 6.92 Å². The van der Waals surface area contributed by atoms with Gasteiger partial charge in [0.05, 0.1) is 22.7 Å². The van der Waals surface area contributed by atoms with Gasteiger partial charge in [-0.25, -0.2) is 18.4 Å². The Kier molecular flexibility index (Phi) is 7.74. The molecule has 0 atom stereocenters. The summed E-state index contributed by atoms with van der Waals surface area (Å²) in [6.45, 7) is 12.9. The molecule has 4 heterocycles. The molecule has 2 aromatic carbocycles. The molecule has 2 saturated heterocycles. The van der Waals surface area contributed by atoms with Gasteiger partial charge in [-0.2, -0.15) is 0 Å². The van der Waals surface area contributed by atoms with Crippen LogP contribution in [-0.4, -0.2) is 71.6 Å². The van der Waals surface area contributed by atoms with Crippen molar-refractivity contribution in [2.24, 2.45) is 7.05 Å². The second-order valence-corrected chi connectivity index (χ2v) is 14.6. The van der Waals surface area contributed by atoms with Crippen molar-refractivity contribution in [3.05, 3.63) is 65.6 Å². The van der Waals surface area contributed by atoms with Crippen molar-refractivity contribution in [2.45, 2.75) is 52.5 Å². The lowest BCUT2D eigenvalue weighted by atomic mass is 10.0. The van der Waals surface area contributed by atoms with Crippen molar-refractivity contribution in [3.8, 4) is 11.1 Å². The molecular formula is C33H42N6O2S. The number of hydrogen-bond donors (Lipinski definition) is 1. The van der Waals surface area contributed by atoms with E-state index in [4.69, 9.17) is 9.97 Å². The minimum Gasteiger partial charge on any atom is -0.369 e. The number of nitrogens with zero attached hydrogens (tertiary/aromatic N) is 5. The standard InChI is InChI=1S/C33H42N6O2S/c1-22(2)38-12-14-39(15-13-38)28-8-6-25(7-9-28)27-20-29(35-31-19-23(3)18-24(4)34-31)32-30(21-27)37(5)33(36-32)26-10-16-42(40,41)17-11-26/h6-9,18-22,26H,10-17H2,1-5H3,(H,34,35). The first-order valence-corrected chi connectivity index (χ1v) is 16.9. The quantitative estimate of drug-likeness (QED) is 0.305. The Morgan fingerprint density at radius 3 is 2.21 bits per heavy atom. The molecular weight excluding hydrogens is 544 g/mol. The molecule has 1 N–H and O–H groups in total. The number of fused-ring (bicyclic) bond motifs is 1. The topological polar surface area (TPSA) is 83.4 Å². The van der Waals surface area contributed by atoms with Gasteiger partial charge < -0.3 is 14.8 Å². The Morgan fingerprint density at radius 2 is 1.57 bits per heavy atom. The lowest BCUT2D eigenvalue weighted by Gasteiger charge is -2.38. The first-order chi connectivity index (χ1) is 20.1. The third-order valence-electron chi connectivity index (χ3n) is 8.91. The summed E-state index contributed by atoms with van der Waals surface area (Å²) in [4.78, 5) is 14.9. The Balaban J connectivity index is 1.36. The van der Waals surface area contributed by atoms with Crippen LogP contribution in [0, 0.1) is 13.8 Å². The maximum absolute atomic E-state index is 12.1. The van der Waals surface area contributed by atoms with Crippen LogP contribution in [0.15, 0.2) is 48.5 Å². The van der Waals surface area contributed by atoms with Gasteiger partial charge in [0.2, 0.25) is 0 Å². The summed E-state index contributed by atoms with van der Waals surface area (Å²) in [5, 5.41) is 3.58. The van der Waals surface area contributed by atoms with E-state index < -0.39 is 9.84 Å². The summed E-state index contributed by atoms with van der Waals surface area (Å²) < 4.78 is 26.4. The van der Waals surface area contributed by atoms with Gasteiger partial charge in [0.15, 0.2) is 0 Å². The number of rotatable bonds is 6. The number of aryl methyl sites for hydroxylation is 3. The number of imidazole rings is 1. The van der Waals surface area contributed by atoms with Crippen LogP contribution in [0.3, 0.4) is 0 Å². The normalized spacial score (nSPS) is 18.2. The molecule has 0 spiro atoms. The van der Waals surface area contributed by atoms with E-state index in [0.717, 1.165) is 76.9 Å². The summed E-state index contributed by atoms with van der Waals surface area (Å²) in [6.07, 6.45) is 1.22. The average Bonchev–Trinajstić information content (AvgIpc) is 3.29. The van der Waals surface area contributed by atoms with Gasteiger partial charge in [0, 0.05) is 56.6 Å². The van der Waals surface area contributed by atoms with Crippen molar-refractivity contribution < 1.29 is 8.42 Å². The van der Waals surface area contributed by atoms with E-state index in [-0.39, 0.29) is 17.4 Å². The van der Waals surface area contributed by atoms with Crippen molar-refractivity contribution in [1.29, 1.82) is 0 Å². The predicted molar refractivity (Wildman–Crippen MR) is 173 cm³/mol. The molecule has 222 valence electrons. The van der Waals surface area contributed by atoms with Gasteiger partial charge in [0.25, 0.3) is 0 Å². The van der Waals surface area contributed by atoms with Gasteiger partial charge in [-0.05, 0) is 93.6 Å². The predicted octanol–water partition coefficient (Wildman–Crippen LogP) is 5.82. The molecule has 2 aromatic heterocycles. The second-order valence-electron chi connectivity index (χ2n) is 12.3. The second kappa shape index (κ2) is 11.3. The van der Waals surface area contributed by atoms with E-state index in [1.165, 1.54) is 5.69 Å². The molecule has 2 fully saturated rings. The summed E-state index contributed by atoms with van der Waals surface area (Å²) in [6, 6.07) is 18.0. The molecule has 0 saturated carbocycles. The minimum absolute atomic E-state index is 0.122. The fourth-order valence-electron chi connectivity index (χ4n) is 6.49. The van der Waals surface area contributed by atoms with E-state index in [2.05, 4.69) is 96.0 Å². The van der Waals surface area contributed by atoms with Crippen molar-refractivity contribution in [3.63, 3.8) is 0 Å². The van der Waals surface area contributed by atoms with Gasteiger partial charge in [0.1, 0.15) is 27.0 Å². The maximum atomic E-state index is 12.1. The molecule has 0 aliphatic carbocycles. The van der Waals surface area contributed by atoms with Gasteiger partial charge >= 0.3 is 0 Å². The average molecular weight is 587 g/mol. The number of sulfone groups is 1. The first kappa shape index (κ1) is 28.7. The SMILES string of the molecule is Cc1cc(C)nc(Nc2cc(-c3ccc(N4CCN(C(C)C)CC4)cc3)cc3c2nc(C2CCS(=O)(=O)CC2)n3C)c1. The van der Waals surface area contributed by atoms with Crippen LogP contribution in [0.2, 0.25) is 0 Å². The Hall–Kier alpha value is -3.43. The summed E-state index contributed by atoms with van der Waals surface area (Å²) in [7, 11) is -0.896. The van der Waals surface area contributed by atoms with Crippen LogP contribution in [0.1, 0.15) is 49.7 Å². The highest BCUT2D eigenvalue weighted by molar-refractivity contribution is 7.91. The largest absolute Gasteiger partial charge is 0.369 e. The highest BCUT2D eigenvalue weighted by Crippen LogP contribution is 2.37. The molecule has 0 unspecified atom stereocenters. The zero-order chi connectivity index (χ0) is 29.6. The number of piperazine rings is 1. The third-order valence-corrected chi connectivity index (χ3v) is 10.6. The van der Waals surface area contributed by atoms with E-state index in [0.29, 0.717) is 18.9 Å². The zero-order valence-corrected chi connectivity index (χ0v) is 26.2. The number of nitrogens with one attached hydrogen (secondary N) is 1. The Morgan fingerprint density at radius 1 is 0.881 bits per heavy atom. The van der Waals surface area contributed by atoms with Gasteiger partial charge in [-0.3, -0.25) is 4.90 Å². The highest BCUT2D eigenvalue weighted by atomic mass is 32.2. The van der Waals surface area contributed by atoms with E-state index >= 15 is 0 Å². The van der Waals surface area contributed by atoms with E-state index in [1.54, 1.807) is 0 Å². The zero-order valence-electron chi connectivity index (χ0n) is 25.4. The lowest BCUT2D eigenvalue weighted by Crippen LogP contribution is -2.48. The molecule has 42 heavy (non-hydrogen) atoms. The lowest BCUT2D eigenvalue weighted by molar-refractivity contribution is 0.209. The van der Waals surface area contributed by atoms with Crippen molar-refractivity contribution in [1.82, 2.24) is 19.4 Å². The molecule has 0 amide bonds. The smallest absolute Gasteiger partial charge is 0.150 e. The number of hydrogen-bond acceptors (Lipinski definition) is 7. The molecule has 2 aliphatic heterocycles. The molecule has 6 rings (SSSR count). The van der Waals surface area contributed by atoms with Crippen LogP contribution >= 0.6 is 0 Å². The number of anilines is 3. The number of aromatic nitrogens is 3. The van der Waals surface area contributed by atoms with Crippen LogP contribution in [0.5, 0.6) is 0 Å². The van der Waals surface area contributed by atoms with Crippen LogP contribution < -0.4 is 10.2 Å². The van der Waals surface area contributed by atoms with Gasteiger partial charge in [-0.1, -0.05) is 12.1 Å². The maximum Gasteiger partial charge on any atom is 0.150 e. The molecule has 8 nitrogen and oxygen atoms in total. The molecule has 0 radical (unpaired) electrons. The van der Waals surface area contributed by atoms with Crippen LogP contribution in [-0.2, 0) is 16.9 Å². The third kappa shape index (κ3) is 5.90. The highest BCUT2D eigenvalue weighted by Gasteiger charge is 2.29. The number of pyridine rings is 1. The molecule has 9 heteroatoms. The summed E-state index contributed by atoms with van der Waals surface area (Å²) in [5.74, 6) is 2.31. The monoisotopic (exact) mass is 586 g/mol. The fourth-order valence-corrected chi connectivity index (χ4v) is 7.98. The number of benzene rings is 2. The fraction of sp³-hybridized carbons (Fsp3) is 0.455. The Labute approximate surface area is 249 Å². The summed E-state index contributed by atoms with van der Waals surface area (Å²) in [5.41, 5.74) is 8.42.